The maximum atomic E-state index is 13.3. The first-order valence-electron chi connectivity index (χ1n) is 11.7. The number of benzene rings is 2. The third-order valence-corrected chi connectivity index (χ3v) is 8.80. The molecule has 0 bridgehead atoms. The Kier molecular flexibility index (Phi) is 6.33. The van der Waals surface area contributed by atoms with Crippen LogP contribution in [0, 0.1) is 19.8 Å². The molecule has 2 aliphatic heterocycles. The molecule has 2 aliphatic rings. The van der Waals surface area contributed by atoms with E-state index in [1.165, 1.54) is 4.90 Å². The zero-order chi connectivity index (χ0) is 24.8. The van der Waals surface area contributed by atoms with Gasteiger partial charge < -0.3 is 10.2 Å². The van der Waals surface area contributed by atoms with E-state index in [0.717, 1.165) is 24.0 Å². The van der Waals surface area contributed by atoms with Gasteiger partial charge in [0.25, 0.3) is 0 Å². The molecule has 0 saturated carbocycles. The molecular weight excluding hydrogens is 450 g/mol. The lowest BCUT2D eigenvalue weighted by Crippen LogP contribution is -2.40. The third kappa shape index (κ3) is 4.36. The third-order valence-electron chi connectivity index (χ3n) is 6.94. The monoisotopic (exact) mass is 483 g/mol. The maximum absolute atomic E-state index is 13.3. The number of aryl methyl sites for hydroxylation is 2. The van der Waals surface area contributed by atoms with E-state index in [0.29, 0.717) is 35.9 Å². The van der Waals surface area contributed by atoms with Crippen LogP contribution in [0.2, 0.25) is 0 Å². The van der Waals surface area contributed by atoms with Gasteiger partial charge >= 0.3 is 0 Å². The Labute approximate surface area is 202 Å². The van der Waals surface area contributed by atoms with Crippen LogP contribution in [-0.2, 0) is 25.0 Å². The van der Waals surface area contributed by atoms with Crippen LogP contribution in [0.25, 0.3) is 0 Å². The van der Waals surface area contributed by atoms with Crippen molar-refractivity contribution in [3.8, 4) is 0 Å². The Morgan fingerprint density at radius 2 is 1.88 bits per heavy atom. The zero-order valence-electron chi connectivity index (χ0n) is 20.5. The van der Waals surface area contributed by atoms with Gasteiger partial charge in [0.15, 0.2) is 0 Å². The fraction of sp³-hybridized carbons (Fsp3) is 0.462. The zero-order valence-corrected chi connectivity index (χ0v) is 21.3. The molecule has 2 aromatic rings. The van der Waals surface area contributed by atoms with Gasteiger partial charge in [-0.2, -0.15) is 4.31 Å². The number of carbonyl (C=O) groups excluding carboxylic acids is 2. The first-order valence-corrected chi connectivity index (χ1v) is 13.2. The fourth-order valence-corrected chi connectivity index (χ4v) is 6.47. The first kappa shape index (κ1) is 24.4. The van der Waals surface area contributed by atoms with Crippen molar-refractivity contribution in [3.63, 3.8) is 0 Å². The standard InChI is InChI=1S/C26H33N3O4S/c1-17-8-9-19(3)22(13-17)27-24(30)16-29-23-11-10-20(14-21(23)26(4,5)25(29)31)34(32,33)28-12-6-7-18(2)15-28/h8-11,13-14,18H,6-7,12,15-16H2,1-5H3,(H,27,30)/t18-/m0/s1. The number of fused-ring (bicyclic) bond motifs is 1. The van der Waals surface area contributed by atoms with Gasteiger partial charge in [0.1, 0.15) is 6.54 Å². The number of rotatable bonds is 5. The highest BCUT2D eigenvalue weighted by Crippen LogP contribution is 2.43. The highest BCUT2D eigenvalue weighted by atomic mass is 32.2. The van der Waals surface area contributed by atoms with Crippen LogP contribution in [0.5, 0.6) is 0 Å². The number of nitrogens with zero attached hydrogens (tertiary/aromatic N) is 2. The van der Waals surface area contributed by atoms with E-state index in [-0.39, 0.29) is 23.3 Å². The lowest BCUT2D eigenvalue weighted by atomic mass is 9.86. The molecule has 2 heterocycles. The van der Waals surface area contributed by atoms with E-state index in [4.69, 9.17) is 0 Å². The number of carbonyl (C=O) groups is 2. The Morgan fingerprint density at radius 1 is 1.15 bits per heavy atom. The van der Waals surface area contributed by atoms with Crippen molar-refractivity contribution in [2.45, 2.75) is 57.8 Å². The van der Waals surface area contributed by atoms with E-state index in [2.05, 4.69) is 12.2 Å². The van der Waals surface area contributed by atoms with Crippen molar-refractivity contribution in [2.75, 3.05) is 29.9 Å². The van der Waals surface area contributed by atoms with Gasteiger partial charge in [-0.3, -0.25) is 9.59 Å². The summed E-state index contributed by atoms with van der Waals surface area (Å²) >= 11 is 0. The number of anilines is 2. The Morgan fingerprint density at radius 3 is 2.59 bits per heavy atom. The molecule has 1 saturated heterocycles. The average Bonchev–Trinajstić information content (AvgIpc) is 2.96. The first-order chi connectivity index (χ1) is 15.9. The largest absolute Gasteiger partial charge is 0.324 e. The lowest BCUT2D eigenvalue weighted by molar-refractivity contribution is -0.124. The summed E-state index contributed by atoms with van der Waals surface area (Å²) in [6.45, 7) is 10.4. The molecule has 1 atom stereocenters. The molecule has 0 unspecified atom stereocenters. The number of hydrogen-bond donors (Lipinski definition) is 1. The molecule has 7 nitrogen and oxygen atoms in total. The van der Waals surface area contributed by atoms with Crippen LogP contribution < -0.4 is 10.2 Å². The second-order valence-corrected chi connectivity index (χ2v) is 12.1. The summed E-state index contributed by atoms with van der Waals surface area (Å²) in [5.41, 5.74) is 2.96. The van der Waals surface area contributed by atoms with Crippen LogP contribution in [0.4, 0.5) is 11.4 Å². The molecule has 34 heavy (non-hydrogen) atoms. The lowest BCUT2D eigenvalue weighted by Gasteiger charge is -2.30. The summed E-state index contributed by atoms with van der Waals surface area (Å²) in [5.74, 6) is -0.202. The normalized spacial score (nSPS) is 20.3. The molecule has 8 heteroatoms. The van der Waals surface area contributed by atoms with Crippen molar-refractivity contribution in [2.24, 2.45) is 5.92 Å². The highest BCUT2D eigenvalue weighted by Gasteiger charge is 2.45. The second-order valence-electron chi connectivity index (χ2n) is 10.2. The van der Waals surface area contributed by atoms with Gasteiger partial charge in [-0.1, -0.05) is 19.1 Å². The summed E-state index contributed by atoms with van der Waals surface area (Å²) in [5, 5.41) is 2.90. The SMILES string of the molecule is Cc1ccc(C)c(NC(=O)CN2C(=O)C(C)(C)c3cc(S(=O)(=O)N4CCC[C@H](C)C4)ccc32)c1. The quantitative estimate of drug-likeness (QED) is 0.697. The van der Waals surface area contributed by atoms with Crippen LogP contribution in [-0.4, -0.2) is 44.2 Å². The molecule has 182 valence electrons. The molecule has 1 fully saturated rings. The smallest absolute Gasteiger partial charge is 0.244 e. The van der Waals surface area contributed by atoms with Crippen molar-refractivity contribution in [1.82, 2.24) is 4.31 Å². The number of sulfonamides is 1. The summed E-state index contributed by atoms with van der Waals surface area (Å²) < 4.78 is 28.2. The molecule has 0 spiro atoms. The predicted molar refractivity (Wildman–Crippen MR) is 134 cm³/mol. The van der Waals surface area contributed by atoms with Gasteiger partial charge in [0, 0.05) is 24.5 Å². The minimum atomic E-state index is -3.65. The Hall–Kier alpha value is -2.71. The predicted octanol–water partition coefficient (Wildman–Crippen LogP) is 3.99. The number of nitrogens with one attached hydrogen (secondary N) is 1. The minimum Gasteiger partial charge on any atom is -0.324 e. The minimum absolute atomic E-state index is 0.140. The van der Waals surface area contributed by atoms with Gasteiger partial charge in [0.05, 0.1) is 10.3 Å². The molecule has 0 radical (unpaired) electrons. The molecule has 1 N–H and O–H groups in total. The van der Waals surface area contributed by atoms with Crippen LogP contribution in [0.1, 0.15) is 50.3 Å². The molecule has 2 aromatic carbocycles. The summed E-state index contributed by atoms with van der Waals surface area (Å²) in [6.07, 6.45) is 1.87. The van der Waals surface area contributed by atoms with Crippen LogP contribution in [0.3, 0.4) is 0 Å². The van der Waals surface area contributed by atoms with E-state index < -0.39 is 15.4 Å². The van der Waals surface area contributed by atoms with E-state index in [9.17, 15) is 18.0 Å². The second kappa shape index (κ2) is 8.82. The molecule has 4 rings (SSSR count). The Balaban J connectivity index is 1.61. The molecule has 0 aromatic heterocycles. The topological polar surface area (TPSA) is 86.8 Å². The molecule has 0 aliphatic carbocycles. The van der Waals surface area contributed by atoms with E-state index in [1.54, 1.807) is 36.4 Å². The van der Waals surface area contributed by atoms with E-state index in [1.807, 2.05) is 32.0 Å². The fourth-order valence-electron chi connectivity index (χ4n) is 4.85. The van der Waals surface area contributed by atoms with Crippen molar-refractivity contribution in [1.29, 1.82) is 0 Å². The number of piperidine rings is 1. The van der Waals surface area contributed by atoms with Gasteiger partial charge in [-0.25, -0.2) is 8.42 Å². The maximum Gasteiger partial charge on any atom is 0.244 e. The van der Waals surface area contributed by atoms with Gasteiger partial charge in [0.2, 0.25) is 21.8 Å². The molecule has 2 amide bonds. The van der Waals surface area contributed by atoms with E-state index >= 15 is 0 Å². The highest BCUT2D eigenvalue weighted by molar-refractivity contribution is 7.89. The summed E-state index contributed by atoms with van der Waals surface area (Å²) in [7, 11) is -3.65. The van der Waals surface area contributed by atoms with Crippen molar-refractivity contribution >= 4 is 33.2 Å². The Bertz CT molecular complexity index is 1250. The van der Waals surface area contributed by atoms with Crippen molar-refractivity contribution in [3.05, 3.63) is 53.1 Å². The molecular formula is C26H33N3O4S. The van der Waals surface area contributed by atoms with Gasteiger partial charge in [-0.05, 0) is 87.4 Å². The van der Waals surface area contributed by atoms with Crippen molar-refractivity contribution < 1.29 is 18.0 Å². The summed E-state index contributed by atoms with van der Waals surface area (Å²) in [6, 6.07) is 10.6. The van der Waals surface area contributed by atoms with Gasteiger partial charge in [-0.15, -0.1) is 0 Å². The summed E-state index contributed by atoms with van der Waals surface area (Å²) in [4.78, 5) is 27.8. The number of amides is 2. The number of hydrogen-bond acceptors (Lipinski definition) is 4. The van der Waals surface area contributed by atoms with Crippen LogP contribution in [0.15, 0.2) is 41.3 Å². The average molecular weight is 484 g/mol. The van der Waals surface area contributed by atoms with Crippen LogP contribution >= 0.6 is 0 Å².